The third kappa shape index (κ3) is 3.36. The Labute approximate surface area is 106 Å². The molecule has 1 aromatic rings. The van der Waals surface area contributed by atoms with Gasteiger partial charge in [-0.05, 0) is 11.6 Å². The maximum Gasteiger partial charge on any atom is 0.413 e. The summed E-state index contributed by atoms with van der Waals surface area (Å²) in [6, 6.07) is -0.487. The molecular formula is C10H8ClF2N3O2. The SMILES string of the molecule is O=C1N/C(=N/C(F)(F)Cc2ccc(Cl)nc2)CO1. The first kappa shape index (κ1) is 12.7. The number of hydrogen-bond donors (Lipinski definition) is 1. The fraction of sp³-hybridized carbons (Fsp3) is 0.300. The van der Waals surface area contributed by atoms with Gasteiger partial charge >= 0.3 is 12.1 Å². The summed E-state index contributed by atoms with van der Waals surface area (Å²) in [5.74, 6) is -0.188. The van der Waals surface area contributed by atoms with Crippen molar-refractivity contribution in [1.82, 2.24) is 10.3 Å². The molecule has 1 N–H and O–H groups in total. The molecule has 8 heteroatoms. The first-order chi connectivity index (χ1) is 8.44. The molecule has 0 aliphatic carbocycles. The van der Waals surface area contributed by atoms with E-state index in [0.29, 0.717) is 5.56 Å². The van der Waals surface area contributed by atoms with Gasteiger partial charge in [0.05, 0.1) is 6.42 Å². The van der Waals surface area contributed by atoms with Gasteiger partial charge in [-0.15, -0.1) is 0 Å². The van der Waals surface area contributed by atoms with Gasteiger partial charge in [-0.25, -0.2) is 9.78 Å². The van der Waals surface area contributed by atoms with Crippen LogP contribution >= 0.6 is 11.6 Å². The largest absolute Gasteiger partial charge is 0.441 e. The number of rotatable bonds is 3. The lowest BCUT2D eigenvalue weighted by molar-refractivity contribution is 0.0111. The molecule has 0 spiro atoms. The Hall–Kier alpha value is -1.76. The molecule has 18 heavy (non-hydrogen) atoms. The molecule has 2 heterocycles. The summed E-state index contributed by atoms with van der Waals surface area (Å²) in [5.41, 5.74) is 0.291. The van der Waals surface area contributed by atoms with Crippen molar-refractivity contribution in [3.05, 3.63) is 29.0 Å². The lowest BCUT2D eigenvalue weighted by atomic mass is 10.2. The Bertz CT molecular complexity index is 490. The normalized spacial score (nSPS) is 17.7. The fourth-order valence-corrected chi connectivity index (χ4v) is 1.49. The van der Waals surface area contributed by atoms with Crippen LogP contribution in [0.2, 0.25) is 5.15 Å². The zero-order valence-electron chi connectivity index (χ0n) is 8.99. The monoisotopic (exact) mass is 275 g/mol. The minimum atomic E-state index is -3.34. The van der Waals surface area contributed by atoms with Crippen molar-refractivity contribution < 1.29 is 18.3 Å². The summed E-state index contributed by atoms with van der Waals surface area (Å²) >= 11 is 5.55. The lowest BCUT2D eigenvalue weighted by Gasteiger charge is -2.11. The Balaban J connectivity index is 2.07. The Kier molecular flexibility index (Phi) is 3.42. The van der Waals surface area contributed by atoms with Crippen LogP contribution in [0.15, 0.2) is 23.3 Å². The molecule has 1 fully saturated rings. The van der Waals surface area contributed by atoms with Crippen LogP contribution in [0.1, 0.15) is 5.56 Å². The number of carbonyl (C=O) groups is 1. The topological polar surface area (TPSA) is 63.6 Å². The second kappa shape index (κ2) is 4.85. The van der Waals surface area contributed by atoms with Gasteiger partial charge in [0.1, 0.15) is 5.15 Å². The molecule has 0 radical (unpaired) electrons. The fourth-order valence-electron chi connectivity index (χ4n) is 1.38. The number of nitrogens with one attached hydrogen (secondary N) is 1. The number of halogens is 3. The van der Waals surface area contributed by atoms with E-state index in [1.54, 1.807) is 0 Å². The second-order valence-electron chi connectivity index (χ2n) is 3.59. The molecule has 1 aliphatic rings. The maximum atomic E-state index is 13.5. The quantitative estimate of drug-likeness (QED) is 0.678. The highest BCUT2D eigenvalue weighted by molar-refractivity contribution is 6.29. The van der Waals surface area contributed by atoms with E-state index < -0.39 is 18.6 Å². The lowest BCUT2D eigenvalue weighted by Crippen LogP contribution is -2.26. The number of nitrogens with zero attached hydrogens (tertiary/aromatic N) is 2. The molecule has 2 rings (SSSR count). The van der Waals surface area contributed by atoms with Crippen molar-refractivity contribution in [3.63, 3.8) is 0 Å². The average Bonchev–Trinajstić information content (AvgIpc) is 2.66. The molecule has 0 saturated carbocycles. The molecule has 1 aromatic heterocycles. The number of amides is 1. The number of ether oxygens (including phenoxy) is 1. The van der Waals surface area contributed by atoms with Crippen molar-refractivity contribution in [2.75, 3.05) is 6.61 Å². The predicted octanol–water partition coefficient (Wildman–Crippen LogP) is 2.01. The molecule has 1 aliphatic heterocycles. The zero-order chi connectivity index (χ0) is 13.2. The number of aromatic nitrogens is 1. The van der Waals surface area contributed by atoms with Crippen LogP contribution < -0.4 is 5.32 Å². The summed E-state index contributed by atoms with van der Waals surface area (Å²) in [5, 5.41) is 2.30. The van der Waals surface area contributed by atoms with E-state index >= 15 is 0 Å². The van der Waals surface area contributed by atoms with Crippen molar-refractivity contribution in [2.45, 2.75) is 12.5 Å². The molecule has 1 amide bonds. The number of cyclic esters (lactones) is 1. The van der Waals surface area contributed by atoms with Gasteiger partial charge in [-0.2, -0.15) is 13.8 Å². The highest BCUT2D eigenvalue weighted by Gasteiger charge is 2.31. The Morgan fingerprint density at radius 3 is 2.89 bits per heavy atom. The number of alkyl carbamates (subject to hydrolysis) is 1. The van der Waals surface area contributed by atoms with E-state index in [4.69, 9.17) is 11.6 Å². The Morgan fingerprint density at radius 1 is 1.56 bits per heavy atom. The highest BCUT2D eigenvalue weighted by atomic mass is 35.5. The van der Waals surface area contributed by atoms with E-state index in [1.165, 1.54) is 18.3 Å². The van der Waals surface area contributed by atoms with Crippen LogP contribution in [0, 0.1) is 0 Å². The molecule has 96 valence electrons. The number of aliphatic imine (C=N–C) groups is 1. The Morgan fingerprint density at radius 2 is 2.33 bits per heavy atom. The standard InChI is InChI=1S/C10H8ClF2N3O2/c11-7-2-1-6(4-14-7)3-10(12,13)16-8-5-18-9(17)15-8/h1-2,4H,3,5H2,(H,15,16,17). The number of pyridine rings is 1. The summed E-state index contributed by atoms with van der Waals surface area (Å²) in [4.78, 5) is 17.5. The first-order valence-electron chi connectivity index (χ1n) is 4.95. The first-order valence-corrected chi connectivity index (χ1v) is 5.33. The number of amidine groups is 1. The predicted molar refractivity (Wildman–Crippen MR) is 59.8 cm³/mol. The van der Waals surface area contributed by atoms with Crippen molar-refractivity contribution >= 4 is 23.5 Å². The second-order valence-corrected chi connectivity index (χ2v) is 3.98. The molecule has 0 bridgehead atoms. The maximum absolute atomic E-state index is 13.5. The van der Waals surface area contributed by atoms with Crippen LogP contribution in [0.5, 0.6) is 0 Å². The van der Waals surface area contributed by atoms with Crippen molar-refractivity contribution in [1.29, 1.82) is 0 Å². The number of alkyl halides is 2. The average molecular weight is 276 g/mol. The zero-order valence-corrected chi connectivity index (χ0v) is 9.75. The van der Waals surface area contributed by atoms with E-state index in [1.807, 2.05) is 0 Å². The van der Waals surface area contributed by atoms with Crippen LogP contribution in [0.25, 0.3) is 0 Å². The molecular weight excluding hydrogens is 268 g/mol. The molecule has 0 atom stereocenters. The van der Waals surface area contributed by atoms with Gasteiger partial charge in [0.15, 0.2) is 12.4 Å². The highest BCUT2D eigenvalue weighted by Crippen LogP contribution is 2.22. The summed E-state index contributed by atoms with van der Waals surface area (Å²) < 4.78 is 31.5. The minimum Gasteiger partial charge on any atom is -0.441 e. The van der Waals surface area contributed by atoms with Gasteiger partial charge in [-0.1, -0.05) is 17.7 Å². The summed E-state index contributed by atoms with van der Waals surface area (Å²) in [7, 11) is 0. The van der Waals surface area contributed by atoms with Gasteiger partial charge in [0.2, 0.25) is 0 Å². The molecule has 5 nitrogen and oxygen atoms in total. The van der Waals surface area contributed by atoms with Crippen LogP contribution in [-0.2, 0) is 11.2 Å². The summed E-state index contributed by atoms with van der Waals surface area (Å²) in [6.07, 6.45) is -0.158. The van der Waals surface area contributed by atoms with Gasteiger partial charge < -0.3 is 4.74 Å². The third-order valence-electron chi connectivity index (χ3n) is 2.09. The molecule has 1 saturated heterocycles. The number of hydrogen-bond acceptors (Lipinski definition) is 4. The van der Waals surface area contributed by atoms with Crippen LogP contribution in [0.4, 0.5) is 13.6 Å². The summed E-state index contributed by atoms with van der Waals surface area (Å²) in [6.45, 7) is -0.271. The van der Waals surface area contributed by atoms with Crippen molar-refractivity contribution in [2.24, 2.45) is 4.99 Å². The van der Waals surface area contributed by atoms with E-state index in [-0.39, 0.29) is 17.6 Å². The smallest absolute Gasteiger partial charge is 0.413 e. The van der Waals surface area contributed by atoms with Crippen LogP contribution in [-0.4, -0.2) is 29.6 Å². The van der Waals surface area contributed by atoms with Crippen LogP contribution in [0.3, 0.4) is 0 Å². The van der Waals surface area contributed by atoms with Gasteiger partial charge in [-0.3, -0.25) is 5.32 Å². The number of carbonyl (C=O) groups excluding carboxylic acids is 1. The molecule has 0 unspecified atom stereocenters. The van der Waals surface area contributed by atoms with Gasteiger partial charge in [0.25, 0.3) is 0 Å². The van der Waals surface area contributed by atoms with Crippen molar-refractivity contribution in [3.8, 4) is 0 Å². The van der Waals surface area contributed by atoms with E-state index in [9.17, 15) is 13.6 Å². The third-order valence-corrected chi connectivity index (χ3v) is 2.31. The molecule has 0 aromatic carbocycles. The van der Waals surface area contributed by atoms with E-state index in [2.05, 4.69) is 20.0 Å². The van der Waals surface area contributed by atoms with E-state index in [0.717, 1.165) is 0 Å². The minimum absolute atomic E-state index is 0.188. The van der Waals surface area contributed by atoms with Gasteiger partial charge in [0, 0.05) is 6.20 Å².